The van der Waals surface area contributed by atoms with E-state index in [1.54, 1.807) is 25.3 Å². The minimum atomic E-state index is -0.283. The van der Waals surface area contributed by atoms with Gasteiger partial charge >= 0.3 is 0 Å². The van der Waals surface area contributed by atoms with E-state index in [0.29, 0.717) is 17.1 Å². The highest BCUT2D eigenvalue weighted by Crippen LogP contribution is 2.24. The van der Waals surface area contributed by atoms with Gasteiger partial charge in [-0.25, -0.2) is 0 Å². The lowest BCUT2D eigenvalue weighted by Crippen LogP contribution is -2.44. The zero-order valence-corrected chi connectivity index (χ0v) is 11.0. The summed E-state index contributed by atoms with van der Waals surface area (Å²) in [5.74, 6) is 0.983. The van der Waals surface area contributed by atoms with Crippen molar-refractivity contribution in [2.45, 2.75) is 6.42 Å². The second-order valence-corrected chi connectivity index (χ2v) is 3.83. The molecule has 6 nitrogen and oxygen atoms in total. The molecule has 0 bridgehead atoms. The number of ether oxygens (including phenoxy) is 2. The van der Waals surface area contributed by atoms with E-state index in [1.165, 1.54) is 7.11 Å². The summed E-state index contributed by atoms with van der Waals surface area (Å²) in [4.78, 5) is 11.6. The van der Waals surface area contributed by atoms with Crippen LogP contribution in [0, 0.1) is 0 Å². The molecule has 0 heterocycles. The highest BCUT2D eigenvalue weighted by atomic mass is 32.1. The van der Waals surface area contributed by atoms with Gasteiger partial charge in [0.15, 0.2) is 5.11 Å². The Morgan fingerprint density at radius 2 is 2.06 bits per heavy atom. The number of thiocarbonyl (C=S) groups is 1. The summed E-state index contributed by atoms with van der Waals surface area (Å²) >= 11 is 4.57. The van der Waals surface area contributed by atoms with E-state index in [9.17, 15) is 4.79 Å². The summed E-state index contributed by atoms with van der Waals surface area (Å²) in [6.45, 7) is 0. The van der Waals surface area contributed by atoms with Crippen LogP contribution in [-0.4, -0.2) is 25.2 Å². The van der Waals surface area contributed by atoms with Gasteiger partial charge in [-0.2, -0.15) is 0 Å². The van der Waals surface area contributed by atoms with Crippen LogP contribution >= 0.6 is 12.2 Å². The van der Waals surface area contributed by atoms with Gasteiger partial charge in [-0.15, -0.1) is 0 Å². The fourth-order valence-corrected chi connectivity index (χ4v) is 1.42. The number of nitrogens with one attached hydrogen (secondary N) is 2. The first kappa shape index (κ1) is 14.0. The normalized spacial score (nSPS) is 9.44. The third kappa shape index (κ3) is 4.10. The topological polar surface area (TPSA) is 85.6 Å². The third-order valence-electron chi connectivity index (χ3n) is 2.16. The molecule has 0 radical (unpaired) electrons. The van der Waals surface area contributed by atoms with Crippen molar-refractivity contribution in [2.75, 3.05) is 14.2 Å². The van der Waals surface area contributed by atoms with Gasteiger partial charge in [-0.05, 0) is 30.4 Å². The predicted molar refractivity (Wildman–Crippen MR) is 71.3 cm³/mol. The number of amides is 1. The second kappa shape index (κ2) is 6.65. The van der Waals surface area contributed by atoms with Gasteiger partial charge < -0.3 is 15.2 Å². The zero-order chi connectivity index (χ0) is 13.5. The first-order valence-electron chi connectivity index (χ1n) is 5.12. The number of rotatable bonds is 4. The monoisotopic (exact) mass is 269 g/mol. The predicted octanol–water partition coefficient (Wildman–Crippen LogP) is 0.111. The summed E-state index contributed by atoms with van der Waals surface area (Å²) in [7, 11) is 3.09. The number of benzene rings is 1. The number of carbonyl (C=O) groups is 1. The SMILES string of the molecule is COc1ccc(OC)c(CC(=O)NNC(N)=S)c1. The molecule has 1 aromatic rings. The Morgan fingerprint density at radius 3 is 2.61 bits per heavy atom. The fraction of sp³-hybridized carbons (Fsp3) is 0.273. The van der Waals surface area contributed by atoms with E-state index >= 15 is 0 Å². The average molecular weight is 269 g/mol. The molecule has 1 aromatic carbocycles. The van der Waals surface area contributed by atoms with E-state index in [0.717, 1.165) is 0 Å². The number of carbonyl (C=O) groups excluding carboxylic acids is 1. The summed E-state index contributed by atoms with van der Waals surface area (Å²) in [5, 5.41) is 0.000886. The van der Waals surface area contributed by atoms with Crippen LogP contribution in [0.4, 0.5) is 0 Å². The van der Waals surface area contributed by atoms with Crippen LogP contribution in [0.15, 0.2) is 18.2 Å². The molecule has 0 saturated heterocycles. The van der Waals surface area contributed by atoms with Crippen LogP contribution in [0.3, 0.4) is 0 Å². The second-order valence-electron chi connectivity index (χ2n) is 3.39. The van der Waals surface area contributed by atoms with E-state index in [-0.39, 0.29) is 17.4 Å². The lowest BCUT2D eigenvalue weighted by Gasteiger charge is -2.11. The van der Waals surface area contributed by atoms with Gasteiger partial charge in [0.1, 0.15) is 11.5 Å². The Kier molecular flexibility index (Phi) is 5.19. The van der Waals surface area contributed by atoms with Crippen LogP contribution in [0.1, 0.15) is 5.56 Å². The summed E-state index contributed by atoms with van der Waals surface area (Å²) in [6, 6.07) is 5.23. The Bertz CT molecular complexity index is 451. The number of hydrogen-bond donors (Lipinski definition) is 3. The van der Waals surface area contributed by atoms with Gasteiger partial charge in [-0.3, -0.25) is 15.6 Å². The van der Waals surface area contributed by atoms with E-state index in [2.05, 4.69) is 23.1 Å². The molecule has 4 N–H and O–H groups in total. The van der Waals surface area contributed by atoms with E-state index in [4.69, 9.17) is 15.2 Å². The molecule has 0 aliphatic rings. The lowest BCUT2D eigenvalue weighted by atomic mass is 10.1. The Hall–Kier alpha value is -2.02. The van der Waals surface area contributed by atoms with Gasteiger partial charge in [0.05, 0.1) is 20.6 Å². The van der Waals surface area contributed by atoms with Gasteiger partial charge in [-0.1, -0.05) is 0 Å². The van der Waals surface area contributed by atoms with Gasteiger partial charge in [0.2, 0.25) is 5.91 Å². The molecular weight excluding hydrogens is 254 g/mol. The quantitative estimate of drug-likeness (QED) is 0.531. The number of hydrogen-bond acceptors (Lipinski definition) is 4. The van der Waals surface area contributed by atoms with Crippen molar-refractivity contribution in [3.8, 4) is 11.5 Å². The summed E-state index contributed by atoms with van der Waals surface area (Å²) in [6.07, 6.45) is 0.121. The molecule has 0 saturated carbocycles. The van der Waals surface area contributed by atoms with Gasteiger partial charge in [0.25, 0.3) is 0 Å². The number of nitrogens with two attached hydrogens (primary N) is 1. The minimum Gasteiger partial charge on any atom is -0.497 e. The Morgan fingerprint density at radius 1 is 1.33 bits per heavy atom. The maximum Gasteiger partial charge on any atom is 0.242 e. The average Bonchev–Trinajstić information content (AvgIpc) is 2.36. The molecule has 0 spiro atoms. The Labute approximate surface area is 110 Å². The molecule has 0 aromatic heterocycles. The van der Waals surface area contributed by atoms with Crippen molar-refractivity contribution >= 4 is 23.2 Å². The molecule has 0 aliphatic heterocycles. The number of methoxy groups -OCH3 is 2. The van der Waals surface area contributed by atoms with Crippen LogP contribution < -0.4 is 26.1 Å². The number of hydrazine groups is 1. The van der Waals surface area contributed by atoms with Crippen molar-refractivity contribution < 1.29 is 14.3 Å². The van der Waals surface area contributed by atoms with Crippen LogP contribution in [0.25, 0.3) is 0 Å². The summed E-state index contributed by atoms with van der Waals surface area (Å²) in [5.41, 5.74) is 10.6. The third-order valence-corrected chi connectivity index (χ3v) is 2.27. The smallest absolute Gasteiger partial charge is 0.242 e. The van der Waals surface area contributed by atoms with Crippen LogP contribution in [0.5, 0.6) is 11.5 Å². The molecule has 18 heavy (non-hydrogen) atoms. The molecule has 0 aliphatic carbocycles. The van der Waals surface area contributed by atoms with Crippen molar-refractivity contribution in [3.05, 3.63) is 23.8 Å². The maximum absolute atomic E-state index is 11.6. The highest BCUT2D eigenvalue weighted by Gasteiger charge is 2.10. The highest BCUT2D eigenvalue weighted by molar-refractivity contribution is 7.80. The molecule has 98 valence electrons. The maximum atomic E-state index is 11.6. The molecule has 1 rings (SSSR count). The van der Waals surface area contributed by atoms with Gasteiger partial charge in [0, 0.05) is 5.56 Å². The zero-order valence-electron chi connectivity index (χ0n) is 10.1. The first-order chi connectivity index (χ1) is 8.56. The van der Waals surface area contributed by atoms with Crippen LogP contribution in [0.2, 0.25) is 0 Å². The van der Waals surface area contributed by atoms with Crippen molar-refractivity contribution in [1.29, 1.82) is 0 Å². The molecule has 0 unspecified atom stereocenters. The molecule has 0 atom stereocenters. The molecule has 0 fully saturated rings. The largest absolute Gasteiger partial charge is 0.497 e. The molecule has 7 heteroatoms. The van der Waals surface area contributed by atoms with Crippen molar-refractivity contribution in [3.63, 3.8) is 0 Å². The summed E-state index contributed by atoms with van der Waals surface area (Å²) < 4.78 is 10.3. The van der Waals surface area contributed by atoms with Crippen molar-refractivity contribution in [1.82, 2.24) is 10.9 Å². The van der Waals surface area contributed by atoms with E-state index in [1.807, 2.05) is 0 Å². The first-order valence-corrected chi connectivity index (χ1v) is 5.53. The fourth-order valence-electron chi connectivity index (χ4n) is 1.37. The van der Waals surface area contributed by atoms with Crippen LogP contribution in [-0.2, 0) is 11.2 Å². The van der Waals surface area contributed by atoms with Crippen molar-refractivity contribution in [2.24, 2.45) is 5.73 Å². The minimum absolute atomic E-state index is 0.000886. The lowest BCUT2D eigenvalue weighted by molar-refractivity contribution is -0.121. The Balaban J connectivity index is 2.75. The molecular formula is C11H15N3O3S. The van der Waals surface area contributed by atoms with E-state index < -0.39 is 0 Å². The standard InChI is InChI=1S/C11H15N3O3S/c1-16-8-3-4-9(17-2)7(5-8)6-10(15)13-14-11(12)18/h3-5H,6H2,1-2H3,(H,13,15)(H3,12,14,18). The molecule has 1 amide bonds.